The molecule has 0 amide bonds. The Morgan fingerprint density at radius 2 is 0.653 bits per heavy atom. The Morgan fingerprint density at radius 3 is 1.28 bits per heavy atom. The SMILES string of the molecule is c1ccc(-c2cccc([Si](c3ccccc3)(c3ccccc3)c3cccc(-n4c5ccccc5c5cc(-c6cccc7c8ccccc8n(-c8c(-c9ccccc9)cccc8-c8ccccc8)c67)ccc54)c3)c2)cc1. The molecule has 12 aromatic carbocycles. The van der Waals surface area contributed by atoms with E-state index in [4.69, 9.17) is 0 Å². The van der Waals surface area contributed by atoms with E-state index >= 15 is 0 Å². The molecule has 3 heteroatoms. The summed E-state index contributed by atoms with van der Waals surface area (Å²) in [5.41, 5.74) is 16.6. The molecule has 14 aromatic rings. The van der Waals surface area contributed by atoms with Crippen molar-refractivity contribution >= 4 is 72.4 Å². The Morgan fingerprint density at radius 1 is 0.227 bits per heavy atom. The Kier molecular flexibility index (Phi) is 10.9. The maximum absolute atomic E-state index is 2.94. The number of benzene rings is 12. The molecule has 0 radical (unpaired) electrons. The molecule has 0 fully saturated rings. The van der Waals surface area contributed by atoms with Crippen LogP contribution in [-0.2, 0) is 0 Å². The van der Waals surface area contributed by atoms with Gasteiger partial charge in [0.1, 0.15) is 0 Å². The van der Waals surface area contributed by atoms with Gasteiger partial charge in [-0.3, -0.25) is 0 Å². The lowest BCUT2D eigenvalue weighted by Crippen LogP contribution is -2.74. The molecule has 0 unspecified atom stereocenters. The third kappa shape index (κ3) is 7.31. The highest BCUT2D eigenvalue weighted by Gasteiger charge is 2.42. The highest BCUT2D eigenvalue weighted by atomic mass is 28.3. The fraction of sp³-hybridized carbons (Fsp3) is 0. The first-order valence-electron chi connectivity index (χ1n) is 25.9. The highest BCUT2D eigenvalue weighted by Crippen LogP contribution is 2.45. The number of hydrogen-bond donors (Lipinski definition) is 0. The Bertz CT molecular complexity index is 4290. The molecule has 0 bridgehead atoms. The van der Waals surface area contributed by atoms with Gasteiger partial charge in [-0.2, -0.15) is 0 Å². The van der Waals surface area contributed by atoms with Crippen molar-refractivity contribution in [2.45, 2.75) is 0 Å². The molecule has 2 nitrogen and oxygen atoms in total. The summed E-state index contributed by atoms with van der Waals surface area (Å²) >= 11 is 0. The molecule has 2 aromatic heterocycles. The van der Waals surface area contributed by atoms with Crippen molar-refractivity contribution in [3.63, 3.8) is 0 Å². The van der Waals surface area contributed by atoms with Crippen molar-refractivity contribution in [3.8, 4) is 55.9 Å². The second-order valence-electron chi connectivity index (χ2n) is 19.6. The summed E-state index contributed by atoms with van der Waals surface area (Å²) in [5, 5.41) is 10.3. The van der Waals surface area contributed by atoms with E-state index in [2.05, 4.69) is 312 Å². The molecular weight excluding hydrogens is 921 g/mol. The van der Waals surface area contributed by atoms with Gasteiger partial charge in [0.15, 0.2) is 8.07 Å². The second kappa shape index (κ2) is 18.5. The van der Waals surface area contributed by atoms with Gasteiger partial charge in [0.05, 0.1) is 27.8 Å². The van der Waals surface area contributed by atoms with Crippen LogP contribution in [0, 0.1) is 0 Å². The molecular formula is C72H50N2Si. The number of para-hydroxylation sites is 4. The molecule has 0 N–H and O–H groups in total. The molecule has 2 heterocycles. The Labute approximate surface area is 438 Å². The van der Waals surface area contributed by atoms with E-state index in [-0.39, 0.29) is 0 Å². The van der Waals surface area contributed by atoms with Crippen LogP contribution in [0.5, 0.6) is 0 Å². The number of hydrogen-bond acceptors (Lipinski definition) is 0. The van der Waals surface area contributed by atoms with Crippen LogP contribution in [0.2, 0.25) is 0 Å². The average molecular weight is 971 g/mol. The molecule has 0 aliphatic rings. The first-order chi connectivity index (χ1) is 37.2. The van der Waals surface area contributed by atoms with Gasteiger partial charge in [0, 0.05) is 43.9 Å². The predicted octanol–water partition coefficient (Wildman–Crippen LogP) is 15.9. The van der Waals surface area contributed by atoms with E-state index in [1.54, 1.807) is 0 Å². The number of nitrogens with zero attached hydrogens (tertiary/aromatic N) is 2. The third-order valence-corrected chi connectivity index (χ3v) is 20.2. The minimum Gasteiger partial charge on any atom is -0.309 e. The van der Waals surface area contributed by atoms with Crippen LogP contribution < -0.4 is 20.7 Å². The first kappa shape index (κ1) is 44.2. The van der Waals surface area contributed by atoms with E-state index < -0.39 is 8.07 Å². The summed E-state index contributed by atoms with van der Waals surface area (Å²) in [5.74, 6) is 0. The molecule has 352 valence electrons. The van der Waals surface area contributed by atoms with Crippen LogP contribution in [0.15, 0.2) is 303 Å². The lowest BCUT2D eigenvalue weighted by Gasteiger charge is -2.35. The van der Waals surface area contributed by atoms with Crippen molar-refractivity contribution in [2.75, 3.05) is 0 Å². The summed E-state index contributed by atoms with van der Waals surface area (Å²) in [4.78, 5) is 0. The van der Waals surface area contributed by atoms with E-state index in [0.29, 0.717) is 0 Å². The van der Waals surface area contributed by atoms with Crippen molar-refractivity contribution in [3.05, 3.63) is 303 Å². The molecule has 75 heavy (non-hydrogen) atoms. The first-order valence-corrected chi connectivity index (χ1v) is 27.9. The van der Waals surface area contributed by atoms with Gasteiger partial charge in [-0.05, 0) is 85.0 Å². The minimum absolute atomic E-state index is 1.14. The summed E-state index contributed by atoms with van der Waals surface area (Å²) in [6.45, 7) is 0. The monoisotopic (exact) mass is 970 g/mol. The zero-order valence-electron chi connectivity index (χ0n) is 41.3. The van der Waals surface area contributed by atoms with Gasteiger partial charge in [-0.25, -0.2) is 0 Å². The van der Waals surface area contributed by atoms with Gasteiger partial charge in [0.2, 0.25) is 0 Å². The van der Waals surface area contributed by atoms with Crippen LogP contribution in [0.1, 0.15) is 0 Å². The predicted molar refractivity (Wildman–Crippen MR) is 320 cm³/mol. The fourth-order valence-electron chi connectivity index (χ4n) is 12.2. The summed E-state index contributed by atoms with van der Waals surface area (Å²) in [7, 11) is -2.94. The van der Waals surface area contributed by atoms with Gasteiger partial charge >= 0.3 is 0 Å². The van der Waals surface area contributed by atoms with Gasteiger partial charge in [-0.1, -0.05) is 267 Å². The van der Waals surface area contributed by atoms with Crippen molar-refractivity contribution in [1.29, 1.82) is 0 Å². The molecule has 0 saturated heterocycles. The number of rotatable bonds is 10. The lowest BCUT2D eigenvalue weighted by molar-refractivity contribution is 1.18. The van der Waals surface area contributed by atoms with Crippen LogP contribution in [0.25, 0.3) is 99.5 Å². The van der Waals surface area contributed by atoms with Crippen LogP contribution in [0.4, 0.5) is 0 Å². The summed E-state index contributed by atoms with van der Waals surface area (Å²) < 4.78 is 5.04. The van der Waals surface area contributed by atoms with E-state index in [9.17, 15) is 0 Å². The maximum atomic E-state index is 2.55. The molecule has 14 rings (SSSR count). The number of aromatic nitrogens is 2. The average Bonchev–Trinajstić information content (AvgIpc) is 4.04. The Balaban J connectivity index is 0.996. The fourth-order valence-corrected chi connectivity index (χ4v) is 17.0. The smallest absolute Gasteiger partial charge is 0.179 e. The molecule has 0 spiro atoms. The Hall–Kier alpha value is -9.54. The highest BCUT2D eigenvalue weighted by molar-refractivity contribution is 7.20. The lowest BCUT2D eigenvalue weighted by atomic mass is 9.95. The van der Waals surface area contributed by atoms with Crippen molar-refractivity contribution in [2.24, 2.45) is 0 Å². The zero-order valence-corrected chi connectivity index (χ0v) is 42.3. The van der Waals surface area contributed by atoms with Crippen LogP contribution in [-0.4, -0.2) is 17.2 Å². The standard InChI is InChI=1S/C72H50N2Si/c1-6-24-51(25-7-1)54-30-20-36-59(48-54)75(57-32-12-4-13-33-57,58-34-14-5-15-35-58)60-37-21-31-56(50-60)73-68-44-18-17-39-65(68)67-49-55(46-47-70(67)73)63-42-23-43-66-64-38-16-19-45-69(64)74(72(63)66)71-61(52-26-8-2-9-27-52)40-22-41-62(71)53-28-10-3-11-29-53/h1-50H. The molecule has 0 atom stereocenters. The summed E-state index contributed by atoms with van der Waals surface area (Å²) in [6.07, 6.45) is 0. The zero-order chi connectivity index (χ0) is 49.7. The van der Waals surface area contributed by atoms with Gasteiger partial charge in [0.25, 0.3) is 0 Å². The molecule has 0 saturated carbocycles. The minimum atomic E-state index is -2.94. The quantitative estimate of drug-likeness (QED) is 0.0955. The van der Waals surface area contributed by atoms with E-state index in [0.717, 1.165) is 5.69 Å². The topological polar surface area (TPSA) is 9.86 Å². The van der Waals surface area contributed by atoms with E-state index in [1.807, 2.05) is 0 Å². The van der Waals surface area contributed by atoms with Crippen molar-refractivity contribution in [1.82, 2.24) is 9.13 Å². The van der Waals surface area contributed by atoms with Gasteiger partial charge < -0.3 is 9.13 Å². The van der Waals surface area contributed by atoms with Crippen LogP contribution in [0.3, 0.4) is 0 Å². The summed E-state index contributed by atoms with van der Waals surface area (Å²) in [6, 6.07) is 112. The normalized spacial score (nSPS) is 11.7. The van der Waals surface area contributed by atoms with Gasteiger partial charge in [-0.15, -0.1) is 0 Å². The molecule has 0 aliphatic heterocycles. The largest absolute Gasteiger partial charge is 0.309 e. The number of fused-ring (bicyclic) bond motifs is 6. The third-order valence-electron chi connectivity index (χ3n) is 15.5. The van der Waals surface area contributed by atoms with Crippen molar-refractivity contribution < 1.29 is 0 Å². The molecule has 0 aliphatic carbocycles. The second-order valence-corrected chi connectivity index (χ2v) is 23.4. The van der Waals surface area contributed by atoms with E-state index in [1.165, 1.54) is 115 Å². The maximum Gasteiger partial charge on any atom is 0.179 e. The van der Waals surface area contributed by atoms with Crippen LogP contribution >= 0.6 is 0 Å².